The lowest BCUT2D eigenvalue weighted by Crippen LogP contribution is -2.49. The number of nitrogens with zero attached hydrogens (tertiary/aromatic N) is 3. The Labute approximate surface area is 112 Å². The van der Waals surface area contributed by atoms with Gasteiger partial charge in [-0.1, -0.05) is 0 Å². The van der Waals surface area contributed by atoms with Crippen molar-refractivity contribution in [3.05, 3.63) is 24.3 Å². The summed E-state index contributed by atoms with van der Waals surface area (Å²) in [6, 6.07) is 3.93. The molecule has 102 valence electrons. The van der Waals surface area contributed by atoms with Gasteiger partial charge >= 0.3 is 0 Å². The molecule has 1 aromatic heterocycles. The molecule has 5 heteroatoms. The van der Waals surface area contributed by atoms with E-state index in [1.165, 1.54) is 6.07 Å². The number of H-pyrrole nitrogens is 1. The summed E-state index contributed by atoms with van der Waals surface area (Å²) in [4.78, 5) is 11.7. The van der Waals surface area contributed by atoms with Crippen LogP contribution in [0, 0.1) is 5.82 Å². The summed E-state index contributed by atoms with van der Waals surface area (Å²) in [6.07, 6.45) is 1.60. The molecule has 0 radical (unpaired) electrons. The first-order valence-corrected chi connectivity index (χ1v) is 6.77. The molecular weight excluding hydrogens is 243 g/mol. The van der Waals surface area contributed by atoms with Gasteiger partial charge in [0.2, 0.25) is 0 Å². The largest absolute Gasteiger partial charge is 0.367 e. The van der Waals surface area contributed by atoms with Gasteiger partial charge in [0.15, 0.2) is 0 Å². The molecule has 1 fully saturated rings. The topological polar surface area (TPSA) is 35.2 Å². The van der Waals surface area contributed by atoms with E-state index in [0.717, 1.165) is 37.2 Å². The molecule has 1 aliphatic heterocycles. The van der Waals surface area contributed by atoms with Gasteiger partial charge in [-0.05, 0) is 19.9 Å². The van der Waals surface area contributed by atoms with E-state index in [0.29, 0.717) is 11.7 Å². The van der Waals surface area contributed by atoms with E-state index in [4.69, 9.17) is 0 Å². The Kier molecular flexibility index (Phi) is 3.14. The molecule has 2 heterocycles. The van der Waals surface area contributed by atoms with Gasteiger partial charge in [-0.3, -0.25) is 4.90 Å². The van der Waals surface area contributed by atoms with Gasteiger partial charge in [-0.2, -0.15) is 0 Å². The highest BCUT2D eigenvalue weighted by molar-refractivity contribution is 5.79. The number of aromatic nitrogens is 2. The molecule has 1 N–H and O–H groups in total. The summed E-state index contributed by atoms with van der Waals surface area (Å²) in [7, 11) is 0. The summed E-state index contributed by atoms with van der Waals surface area (Å²) in [5, 5.41) is 0. The van der Waals surface area contributed by atoms with Crippen molar-refractivity contribution in [2.24, 2.45) is 0 Å². The zero-order valence-electron chi connectivity index (χ0n) is 11.4. The Bertz CT molecular complexity index is 570. The molecule has 0 spiro atoms. The van der Waals surface area contributed by atoms with E-state index in [9.17, 15) is 4.39 Å². The summed E-state index contributed by atoms with van der Waals surface area (Å²) >= 11 is 0. The molecule has 3 rings (SSSR count). The van der Waals surface area contributed by atoms with Crippen LogP contribution in [0.5, 0.6) is 0 Å². The maximum Gasteiger partial charge on any atom is 0.148 e. The summed E-state index contributed by atoms with van der Waals surface area (Å²) < 4.78 is 14.1. The Balaban J connectivity index is 1.83. The van der Waals surface area contributed by atoms with Crippen molar-refractivity contribution in [3.8, 4) is 0 Å². The Morgan fingerprint density at radius 1 is 1.21 bits per heavy atom. The highest BCUT2D eigenvalue weighted by Crippen LogP contribution is 2.25. The van der Waals surface area contributed by atoms with Crippen molar-refractivity contribution in [1.82, 2.24) is 14.9 Å². The van der Waals surface area contributed by atoms with Crippen LogP contribution in [0.4, 0.5) is 10.1 Å². The molecule has 4 nitrogen and oxygen atoms in total. The van der Waals surface area contributed by atoms with Crippen LogP contribution in [0.1, 0.15) is 13.8 Å². The minimum Gasteiger partial charge on any atom is -0.367 e. The molecule has 2 aromatic rings. The first kappa shape index (κ1) is 12.4. The number of imidazole rings is 1. The van der Waals surface area contributed by atoms with Crippen molar-refractivity contribution in [3.63, 3.8) is 0 Å². The molecule has 0 saturated carbocycles. The maximum atomic E-state index is 14.1. The van der Waals surface area contributed by atoms with E-state index < -0.39 is 0 Å². The minimum atomic E-state index is -0.172. The fraction of sp³-hybridized carbons (Fsp3) is 0.500. The smallest absolute Gasteiger partial charge is 0.148 e. The van der Waals surface area contributed by atoms with Gasteiger partial charge in [0.25, 0.3) is 0 Å². The van der Waals surface area contributed by atoms with Gasteiger partial charge in [0.05, 0.1) is 23.0 Å². The van der Waals surface area contributed by atoms with Gasteiger partial charge in [-0.25, -0.2) is 9.37 Å². The van der Waals surface area contributed by atoms with Gasteiger partial charge in [0, 0.05) is 38.3 Å². The van der Waals surface area contributed by atoms with E-state index in [2.05, 4.69) is 33.6 Å². The predicted octanol–water partition coefficient (Wildman–Crippen LogP) is 2.23. The summed E-state index contributed by atoms with van der Waals surface area (Å²) in [5.41, 5.74) is 2.24. The van der Waals surface area contributed by atoms with Gasteiger partial charge in [-0.15, -0.1) is 0 Å². The molecule has 0 unspecified atom stereocenters. The van der Waals surface area contributed by atoms with Crippen LogP contribution in [0.2, 0.25) is 0 Å². The SMILES string of the molecule is CC(C)N1CCN(c2cc3nc[nH]c3cc2F)CC1. The van der Waals surface area contributed by atoms with E-state index in [1.54, 1.807) is 6.33 Å². The number of halogens is 1. The normalized spacial score (nSPS) is 17.6. The lowest BCUT2D eigenvalue weighted by molar-refractivity contribution is 0.209. The molecule has 1 aromatic carbocycles. The number of rotatable bonds is 2. The van der Waals surface area contributed by atoms with E-state index in [1.807, 2.05) is 6.07 Å². The molecule has 19 heavy (non-hydrogen) atoms. The Morgan fingerprint density at radius 3 is 2.63 bits per heavy atom. The molecule has 0 aliphatic carbocycles. The molecule has 0 amide bonds. The molecule has 1 saturated heterocycles. The van der Waals surface area contributed by atoms with Crippen molar-refractivity contribution in [2.75, 3.05) is 31.1 Å². The number of aromatic amines is 1. The fourth-order valence-electron chi connectivity index (χ4n) is 2.67. The van der Waals surface area contributed by atoms with Crippen molar-refractivity contribution < 1.29 is 4.39 Å². The molecule has 1 aliphatic rings. The number of fused-ring (bicyclic) bond motifs is 1. The number of benzene rings is 1. The lowest BCUT2D eigenvalue weighted by atomic mass is 10.2. The average Bonchev–Trinajstić information content (AvgIpc) is 2.85. The highest BCUT2D eigenvalue weighted by atomic mass is 19.1. The first-order chi connectivity index (χ1) is 9.15. The van der Waals surface area contributed by atoms with Gasteiger partial charge < -0.3 is 9.88 Å². The summed E-state index contributed by atoms with van der Waals surface area (Å²) in [5.74, 6) is -0.172. The monoisotopic (exact) mass is 262 g/mol. The summed E-state index contributed by atoms with van der Waals surface area (Å²) in [6.45, 7) is 8.10. The third-order valence-corrected chi connectivity index (χ3v) is 3.87. The second-order valence-corrected chi connectivity index (χ2v) is 5.34. The third kappa shape index (κ3) is 2.30. The average molecular weight is 262 g/mol. The van der Waals surface area contributed by atoms with Crippen molar-refractivity contribution in [1.29, 1.82) is 0 Å². The number of nitrogens with one attached hydrogen (secondary N) is 1. The lowest BCUT2D eigenvalue weighted by Gasteiger charge is -2.38. The number of anilines is 1. The molecule has 0 atom stereocenters. The zero-order valence-corrected chi connectivity index (χ0v) is 11.4. The number of piperazine rings is 1. The highest BCUT2D eigenvalue weighted by Gasteiger charge is 2.21. The Hall–Kier alpha value is -1.62. The van der Waals surface area contributed by atoms with E-state index >= 15 is 0 Å². The van der Waals surface area contributed by atoms with E-state index in [-0.39, 0.29) is 5.82 Å². The minimum absolute atomic E-state index is 0.172. The van der Waals surface area contributed by atoms with Crippen LogP contribution in [-0.2, 0) is 0 Å². The van der Waals surface area contributed by atoms with Crippen LogP contribution >= 0.6 is 0 Å². The van der Waals surface area contributed by atoms with Crippen molar-refractivity contribution in [2.45, 2.75) is 19.9 Å². The van der Waals surface area contributed by atoms with Crippen LogP contribution in [-0.4, -0.2) is 47.1 Å². The van der Waals surface area contributed by atoms with Crippen LogP contribution in [0.15, 0.2) is 18.5 Å². The van der Waals surface area contributed by atoms with Crippen LogP contribution < -0.4 is 4.90 Å². The zero-order chi connectivity index (χ0) is 13.4. The van der Waals surface area contributed by atoms with Gasteiger partial charge in [0.1, 0.15) is 5.82 Å². The quantitative estimate of drug-likeness (QED) is 0.901. The standard InChI is InChI=1S/C14H19FN4/c1-10(2)18-3-5-19(6-4-18)14-8-13-12(7-11(14)15)16-9-17-13/h7-10H,3-6H2,1-2H3,(H,16,17). The Morgan fingerprint density at radius 2 is 1.95 bits per heavy atom. The maximum absolute atomic E-state index is 14.1. The third-order valence-electron chi connectivity index (χ3n) is 3.87. The second-order valence-electron chi connectivity index (χ2n) is 5.34. The fourth-order valence-corrected chi connectivity index (χ4v) is 2.67. The van der Waals surface area contributed by atoms with Crippen LogP contribution in [0.3, 0.4) is 0 Å². The first-order valence-electron chi connectivity index (χ1n) is 6.77. The predicted molar refractivity (Wildman–Crippen MR) is 75.0 cm³/mol. The van der Waals surface area contributed by atoms with Crippen LogP contribution in [0.25, 0.3) is 11.0 Å². The molecule has 0 bridgehead atoms. The number of hydrogen-bond donors (Lipinski definition) is 1. The van der Waals surface area contributed by atoms with Crippen molar-refractivity contribution >= 4 is 16.7 Å². The second kappa shape index (κ2) is 4.81. The number of hydrogen-bond acceptors (Lipinski definition) is 3. The molecular formula is C14H19FN4.